The molecule has 0 aromatic heterocycles. The van der Waals surface area contributed by atoms with Crippen molar-refractivity contribution in [1.29, 1.82) is 0 Å². The van der Waals surface area contributed by atoms with Gasteiger partial charge in [-0.1, -0.05) is 23.7 Å². The van der Waals surface area contributed by atoms with Crippen LogP contribution < -0.4 is 14.8 Å². The Morgan fingerprint density at radius 3 is 2.57 bits per heavy atom. The van der Waals surface area contributed by atoms with Crippen molar-refractivity contribution < 1.29 is 9.47 Å². The van der Waals surface area contributed by atoms with E-state index in [1.54, 1.807) is 0 Å². The normalized spacial score (nSPS) is 14.6. The zero-order chi connectivity index (χ0) is 14.8. The molecule has 0 aliphatic carbocycles. The smallest absolute Gasteiger partial charge is 0.163 e. The van der Waals surface area contributed by atoms with Gasteiger partial charge in [0.05, 0.1) is 5.69 Å². The van der Waals surface area contributed by atoms with E-state index in [0.29, 0.717) is 13.2 Å². The number of nitrogens with one attached hydrogen (secondary N) is 1. The van der Waals surface area contributed by atoms with E-state index in [1.165, 1.54) is 0 Å². The van der Waals surface area contributed by atoms with Gasteiger partial charge >= 0.3 is 0 Å². The van der Waals surface area contributed by atoms with Gasteiger partial charge in [0.25, 0.3) is 0 Å². The summed E-state index contributed by atoms with van der Waals surface area (Å²) in [5.74, 6) is 1.54. The minimum Gasteiger partial charge on any atom is -0.486 e. The molecular weight excluding hydrogens is 354 g/mol. The van der Waals surface area contributed by atoms with Gasteiger partial charge in [-0.15, -0.1) is 0 Å². The third-order valence-electron chi connectivity index (χ3n) is 3.35. The Balaban J connectivity index is 1.84. The molecule has 1 atom stereocenters. The first kappa shape index (κ1) is 14.5. The van der Waals surface area contributed by atoms with E-state index in [0.717, 1.165) is 32.2 Å². The molecule has 1 aliphatic rings. The second kappa shape index (κ2) is 6.16. The van der Waals surface area contributed by atoms with Crippen LogP contribution in [0.25, 0.3) is 0 Å². The minimum absolute atomic E-state index is 0.127. The number of anilines is 1. The van der Waals surface area contributed by atoms with E-state index < -0.39 is 0 Å². The van der Waals surface area contributed by atoms with Gasteiger partial charge in [-0.05, 0) is 40.5 Å². The molecule has 21 heavy (non-hydrogen) atoms. The molecule has 5 heteroatoms. The molecule has 3 rings (SSSR count). The molecule has 2 aromatic carbocycles. The highest BCUT2D eigenvalue weighted by molar-refractivity contribution is 9.10. The maximum Gasteiger partial charge on any atom is 0.163 e. The maximum absolute atomic E-state index is 6.04. The van der Waals surface area contributed by atoms with Crippen molar-refractivity contribution in [3.8, 4) is 11.5 Å². The first-order chi connectivity index (χ1) is 10.1. The Kier molecular flexibility index (Phi) is 4.27. The lowest BCUT2D eigenvalue weighted by Gasteiger charge is -2.22. The lowest BCUT2D eigenvalue weighted by atomic mass is 10.1. The highest BCUT2D eigenvalue weighted by Crippen LogP contribution is 2.39. The largest absolute Gasteiger partial charge is 0.486 e. The van der Waals surface area contributed by atoms with Crippen LogP contribution in [0.2, 0.25) is 5.02 Å². The summed E-state index contributed by atoms with van der Waals surface area (Å²) in [5, 5.41) is 4.20. The van der Waals surface area contributed by atoms with Gasteiger partial charge in [0.15, 0.2) is 11.5 Å². The van der Waals surface area contributed by atoms with Crippen LogP contribution in [0.5, 0.6) is 11.5 Å². The van der Waals surface area contributed by atoms with Crippen LogP contribution in [0.4, 0.5) is 5.69 Å². The van der Waals surface area contributed by atoms with Crippen molar-refractivity contribution in [1.82, 2.24) is 0 Å². The van der Waals surface area contributed by atoms with Crippen LogP contribution in [-0.4, -0.2) is 13.2 Å². The van der Waals surface area contributed by atoms with Gasteiger partial charge in [-0.3, -0.25) is 0 Å². The summed E-state index contributed by atoms with van der Waals surface area (Å²) in [6.45, 7) is 3.26. The number of fused-ring (bicyclic) bond motifs is 1. The van der Waals surface area contributed by atoms with Gasteiger partial charge < -0.3 is 14.8 Å². The predicted octanol–water partition coefficient (Wildman–Crippen LogP) is 5.05. The number of halogens is 2. The average molecular weight is 369 g/mol. The fourth-order valence-electron chi connectivity index (χ4n) is 2.27. The summed E-state index contributed by atoms with van der Waals surface area (Å²) in [7, 11) is 0. The van der Waals surface area contributed by atoms with E-state index in [-0.39, 0.29) is 6.04 Å². The summed E-state index contributed by atoms with van der Waals surface area (Å²) in [6, 6.07) is 11.9. The van der Waals surface area contributed by atoms with E-state index in [4.69, 9.17) is 21.1 Å². The summed E-state index contributed by atoms with van der Waals surface area (Å²) in [4.78, 5) is 0. The number of rotatable bonds is 3. The van der Waals surface area contributed by atoms with Gasteiger partial charge in [0, 0.05) is 27.7 Å². The van der Waals surface area contributed by atoms with Crippen molar-refractivity contribution in [3.63, 3.8) is 0 Å². The third kappa shape index (κ3) is 3.27. The minimum atomic E-state index is 0.127. The van der Waals surface area contributed by atoms with E-state index in [9.17, 15) is 0 Å². The molecule has 1 unspecified atom stereocenters. The van der Waals surface area contributed by atoms with Gasteiger partial charge in [0.2, 0.25) is 0 Å². The van der Waals surface area contributed by atoms with Gasteiger partial charge in [0.1, 0.15) is 13.2 Å². The fourth-order valence-corrected chi connectivity index (χ4v) is 2.90. The Hall–Kier alpha value is -1.39. The van der Waals surface area contributed by atoms with Crippen LogP contribution in [0, 0.1) is 0 Å². The molecule has 0 fully saturated rings. The number of ether oxygens (including phenoxy) is 2. The first-order valence-corrected chi connectivity index (χ1v) is 7.92. The molecular formula is C16H15BrClNO2. The highest BCUT2D eigenvalue weighted by Gasteiger charge is 2.16. The second-order valence-electron chi connectivity index (χ2n) is 4.90. The molecule has 1 aliphatic heterocycles. The van der Waals surface area contributed by atoms with Crippen LogP contribution in [0.1, 0.15) is 18.5 Å². The van der Waals surface area contributed by atoms with Crippen LogP contribution in [-0.2, 0) is 0 Å². The maximum atomic E-state index is 6.04. The van der Waals surface area contributed by atoms with E-state index in [1.807, 2.05) is 30.3 Å². The topological polar surface area (TPSA) is 30.5 Å². The summed E-state index contributed by atoms with van der Waals surface area (Å²) in [6.07, 6.45) is 0. The van der Waals surface area contributed by atoms with Crippen molar-refractivity contribution >= 4 is 33.2 Å². The molecule has 1 N–H and O–H groups in total. The lowest BCUT2D eigenvalue weighted by Crippen LogP contribution is -2.16. The van der Waals surface area contributed by atoms with Gasteiger partial charge in [-0.25, -0.2) is 0 Å². The molecule has 0 saturated carbocycles. The van der Waals surface area contributed by atoms with E-state index in [2.05, 4.69) is 34.2 Å². The zero-order valence-electron chi connectivity index (χ0n) is 11.5. The molecule has 110 valence electrons. The van der Waals surface area contributed by atoms with Crippen molar-refractivity contribution in [3.05, 3.63) is 51.5 Å². The third-order valence-corrected chi connectivity index (χ3v) is 4.24. The molecule has 3 nitrogen and oxygen atoms in total. The first-order valence-electron chi connectivity index (χ1n) is 6.74. The Morgan fingerprint density at radius 1 is 1.14 bits per heavy atom. The molecule has 1 heterocycles. The highest BCUT2D eigenvalue weighted by atomic mass is 79.9. The monoisotopic (exact) mass is 367 g/mol. The average Bonchev–Trinajstić information content (AvgIpc) is 2.48. The molecule has 0 spiro atoms. The van der Waals surface area contributed by atoms with Crippen molar-refractivity contribution in [2.45, 2.75) is 13.0 Å². The summed E-state index contributed by atoms with van der Waals surface area (Å²) in [5.41, 5.74) is 2.09. The zero-order valence-corrected chi connectivity index (χ0v) is 13.9. The Bertz CT molecular complexity index is 663. The van der Waals surface area contributed by atoms with Crippen LogP contribution >= 0.6 is 27.5 Å². The second-order valence-corrected chi connectivity index (χ2v) is 6.19. The predicted molar refractivity (Wildman–Crippen MR) is 88.6 cm³/mol. The number of hydrogen-bond acceptors (Lipinski definition) is 3. The summed E-state index contributed by atoms with van der Waals surface area (Å²) < 4.78 is 12.1. The molecule has 0 saturated heterocycles. The molecule has 2 aromatic rings. The molecule has 0 bridgehead atoms. The van der Waals surface area contributed by atoms with Crippen molar-refractivity contribution in [2.75, 3.05) is 18.5 Å². The quantitative estimate of drug-likeness (QED) is 0.822. The molecule has 0 radical (unpaired) electrons. The van der Waals surface area contributed by atoms with Gasteiger partial charge in [-0.2, -0.15) is 0 Å². The molecule has 0 amide bonds. The number of hydrogen-bond donors (Lipinski definition) is 1. The number of benzene rings is 2. The fraction of sp³-hybridized carbons (Fsp3) is 0.250. The van der Waals surface area contributed by atoms with E-state index >= 15 is 0 Å². The standard InChI is InChI=1S/C16H15BrClNO2/c1-10(11-3-2-4-12(18)7-11)19-14-9-16-15(8-13(14)17)20-5-6-21-16/h2-4,7-10,19H,5-6H2,1H3. The van der Waals surface area contributed by atoms with Crippen molar-refractivity contribution in [2.24, 2.45) is 0 Å². The SMILES string of the molecule is CC(Nc1cc2c(cc1Br)OCCO2)c1cccc(Cl)c1. The Labute approximate surface area is 137 Å². The van der Waals surface area contributed by atoms with Crippen LogP contribution in [0.15, 0.2) is 40.9 Å². The van der Waals surface area contributed by atoms with Crippen LogP contribution in [0.3, 0.4) is 0 Å². The lowest BCUT2D eigenvalue weighted by molar-refractivity contribution is 0.171. The summed E-state index contributed by atoms with van der Waals surface area (Å²) >= 11 is 9.61. The Morgan fingerprint density at radius 2 is 1.86 bits per heavy atom.